The summed E-state index contributed by atoms with van der Waals surface area (Å²) >= 11 is 0. The Balaban J connectivity index is 2.28. The van der Waals surface area contributed by atoms with Crippen molar-refractivity contribution >= 4 is 22.4 Å². The van der Waals surface area contributed by atoms with Crippen molar-refractivity contribution in [1.82, 2.24) is 15.5 Å². The van der Waals surface area contributed by atoms with Gasteiger partial charge in [0.1, 0.15) is 5.69 Å². The summed E-state index contributed by atoms with van der Waals surface area (Å²) in [5.74, 6) is -0.479. The highest BCUT2D eigenvalue weighted by Gasteiger charge is 2.29. The molecule has 122 valence electrons. The highest BCUT2D eigenvalue weighted by atomic mass is 32.2. The van der Waals surface area contributed by atoms with E-state index in [4.69, 9.17) is 0 Å². The van der Waals surface area contributed by atoms with Crippen molar-refractivity contribution < 1.29 is 13.9 Å². The van der Waals surface area contributed by atoms with E-state index in [-0.39, 0.29) is 22.8 Å². The fourth-order valence-electron chi connectivity index (χ4n) is 2.17. The number of carbonyl (C=O) groups is 1. The van der Waals surface area contributed by atoms with Gasteiger partial charge in [0.15, 0.2) is 0 Å². The van der Waals surface area contributed by atoms with Gasteiger partial charge in [-0.3, -0.25) is 24.2 Å². The summed E-state index contributed by atoms with van der Waals surface area (Å²) in [4.78, 5) is 22.8. The Morgan fingerprint density at radius 2 is 2.09 bits per heavy atom. The number of aromatic amines is 1. The first-order valence-corrected chi connectivity index (χ1v) is 8.48. The Labute approximate surface area is 134 Å². The van der Waals surface area contributed by atoms with E-state index in [1.165, 1.54) is 13.2 Å². The zero-order valence-corrected chi connectivity index (χ0v) is 13.4. The number of rotatable bonds is 6. The quantitative estimate of drug-likeness (QED) is 0.612. The molecular formula is C14H16N4O4S. The number of hydrogen-bond acceptors (Lipinski definition) is 5. The van der Waals surface area contributed by atoms with Gasteiger partial charge >= 0.3 is 5.69 Å². The molecule has 0 saturated heterocycles. The molecule has 1 aromatic carbocycles. The van der Waals surface area contributed by atoms with Crippen LogP contribution in [-0.4, -0.2) is 37.2 Å². The second-order valence-corrected chi connectivity index (χ2v) is 6.46. The van der Waals surface area contributed by atoms with Crippen LogP contribution in [0.4, 0.5) is 5.69 Å². The molecule has 0 aliphatic rings. The van der Waals surface area contributed by atoms with Crippen molar-refractivity contribution in [3.8, 4) is 0 Å². The van der Waals surface area contributed by atoms with Gasteiger partial charge in [-0.05, 0) is 12.5 Å². The molecule has 0 spiro atoms. The predicted octanol–water partition coefficient (Wildman–Crippen LogP) is 1.48. The summed E-state index contributed by atoms with van der Waals surface area (Å²) < 4.78 is 11.6. The maximum Gasteiger partial charge on any atom is 0.322 e. The third-order valence-electron chi connectivity index (χ3n) is 3.22. The third kappa shape index (κ3) is 4.01. The number of amides is 1. The van der Waals surface area contributed by atoms with Gasteiger partial charge in [-0.1, -0.05) is 30.3 Å². The fraction of sp³-hybridized carbons (Fsp3) is 0.286. The minimum atomic E-state index is -1.15. The molecule has 1 heterocycles. The Hall–Kier alpha value is -2.55. The second-order valence-electron chi connectivity index (χ2n) is 4.98. The third-order valence-corrected chi connectivity index (χ3v) is 4.02. The normalized spacial score (nSPS) is 13.3. The van der Waals surface area contributed by atoms with Crippen LogP contribution in [-0.2, 0) is 10.8 Å². The maximum absolute atomic E-state index is 12.4. The second kappa shape index (κ2) is 7.14. The van der Waals surface area contributed by atoms with Gasteiger partial charge in [-0.25, -0.2) is 0 Å². The van der Waals surface area contributed by atoms with Crippen molar-refractivity contribution in [1.29, 1.82) is 0 Å². The highest BCUT2D eigenvalue weighted by Crippen LogP contribution is 2.21. The number of benzene rings is 1. The number of aromatic nitrogens is 2. The number of nitro groups is 1. The average Bonchev–Trinajstić information content (AvgIpc) is 2.89. The first-order valence-electron chi connectivity index (χ1n) is 6.75. The molecule has 1 amide bonds. The van der Waals surface area contributed by atoms with Crippen molar-refractivity contribution in [2.75, 3.05) is 12.0 Å². The standard InChI is InChI=1S/C14H16N4O4S/c1-9-13(18(20)21)12(17-16-9)14(19)15-11(8-23(2)22)10-6-4-3-5-7-10/h3-7,11H,8H2,1-2H3,(H,15,19)(H,16,17). The molecule has 2 rings (SSSR count). The van der Waals surface area contributed by atoms with E-state index in [1.807, 2.05) is 6.07 Å². The molecule has 0 radical (unpaired) electrons. The number of nitrogens with zero attached hydrogens (tertiary/aromatic N) is 2. The average molecular weight is 336 g/mol. The van der Waals surface area contributed by atoms with E-state index in [9.17, 15) is 19.1 Å². The van der Waals surface area contributed by atoms with E-state index in [2.05, 4.69) is 15.5 Å². The molecule has 2 aromatic rings. The minimum Gasteiger partial charge on any atom is -0.343 e. The summed E-state index contributed by atoms with van der Waals surface area (Å²) in [6.07, 6.45) is 1.53. The Morgan fingerprint density at radius 3 is 2.65 bits per heavy atom. The summed E-state index contributed by atoms with van der Waals surface area (Å²) in [6.45, 7) is 1.47. The molecule has 0 fully saturated rings. The van der Waals surface area contributed by atoms with Crippen LogP contribution >= 0.6 is 0 Å². The van der Waals surface area contributed by atoms with E-state index in [0.717, 1.165) is 5.56 Å². The van der Waals surface area contributed by atoms with Crippen LogP contribution in [0.5, 0.6) is 0 Å². The molecule has 2 atom stereocenters. The molecule has 9 heteroatoms. The molecule has 2 unspecified atom stereocenters. The van der Waals surface area contributed by atoms with Crippen molar-refractivity contribution in [3.05, 3.63) is 57.4 Å². The van der Waals surface area contributed by atoms with Crippen molar-refractivity contribution in [2.45, 2.75) is 13.0 Å². The molecule has 8 nitrogen and oxygen atoms in total. The maximum atomic E-state index is 12.4. The van der Waals surface area contributed by atoms with Crippen molar-refractivity contribution in [3.63, 3.8) is 0 Å². The smallest absolute Gasteiger partial charge is 0.322 e. The van der Waals surface area contributed by atoms with Gasteiger partial charge in [0.25, 0.3) is 5.91 Å². The van der Waals surface area contributed by atoms with Gasteiger partial charge in [-0.15, -0.1) is 0 Å². The van der Waals surface area contributed by atoms with Gasteiger partial charge in [0.2, 0.25) is 5.69 Å². The predicted molar refractivity (Wildman–Crippen MR) is 85.6 cm³/mol. The molecule has 1 aromatic heterocycles. The summed E-state index contributed by atoms with van der Waals surface area (Å²) in [5, 5.41) is 19.9. The first-order chi connectivity index (χ1) is 10.9. The van der Waals surface area contributed by atoms with Crippen LogP contribution in [0.15, 0.2) is 30.3 Å². The van der Waals surface area contributed by atoms with Gasteiger partial charge in [0, 0.05) is 22.8 Å². The monoisotopic (exact) mass is 336 g/mol. The van der Waals surface area contributed by atoms with Crippen LogP contribution in [0, 0.1) is 17.0 Å². The van der Waals surface area contributed by atoms with E-state index >= 15 is 0 Å². The first kappa shape index (κ1) is 16.8. The Bertz CT molecular complexity index is 744. The Kier molecular flexibility index (Phi) is 5.22. The highest BCUT2D eigenvalue weighted by molar-refractivity contribution is 7.84. The fourth-order valence-corrected chi connectivity index (χ4v) is 2.92. The van der Waals surface area contributed by atoms with Crippen LogP contribution < -0.4 is 5.32 Å². The molecule has 0 aliphatic carbocycles. The van der Waals surface area contributed by atoms with Crippen molar-refractivity contribution in [2.24, 2.45) is 0 Å². The van der Waals surface area contributed by atoms with E-state index in [0.29, 0.717) is 0 Å². The molecule has 2 N–H and O–H groups in total. The van der Waals surface area contributed by atoms with Gasteiger partial charge in [0.05, 0.1) is 11.0 Å². The number of H-pyrrole nitrogens is 1. The van der Waals surface area contributed by atoms with Crippen LogP contribution in [0.3, 0.4) is 0 Å². The van der Waals surface area contributed by atoms with Crippen LogP contribution in [0.2, 0.25) is 0 Å². The number of nitrogens with one attached hydrogen (secondary N) is 2. The van der Waals surface area contributed by atoms with Gasteiger partial charge in [-0.2, -0.15) is 5.10 Å². The topological polar surface area (TPSA) is 118 Å². The van der Waals surface area contributed by atoms with E-state index < -0.39 is 27.7 Å². The summed E-state index contributed by atoms with van der Waals surface area (Å²) in [7, 11) is -1.15. The lowest BCUT2D eigenvalue weighted by molar-refractivity contribution is -0.385. The SMILES string of the molecule is Cc1[nH]nc(C(=O)NC(CS(C)=O)c2ccccc2)c1[N+](=O)[O-]. The van der Waals surface area contributed by atoms with Crippen LogP contribution in [0.25, 0.3) is 0 Å². The number of carbonyl (C=O) groups excluding carboxylic acids is 1. The van der Waals surface area contributed by atoms with Gasteiger partial charge < -0.3 is 5.32 Å². The lowest BCUT2D eigenvalue weighted by Crippen LogP contribution is -2.32. The summed E-state index contributed by atoms with van der Waals surface area (Å²) in [6, 6.07) is 8.49. The number of hydrogen-bond donors (Lipinski definition) is 2. The molecular weight excluding hydrogens is 320 g/mol. The largest absolute Gasteiger partial charge is 0.343 e. The lowest BCUT2D eigenvalue weighted by atomic mass is 10.1. The summed E-state index contributed by atoms with van der Waals surface area (Å²) in [5.41, 5.74) is 0.337. The molecule has 23 heavy (non-hydrogen) atoms. The van der Waals surface area contributed by atoms with E-state index in [1.54, 1.807) is 24.3 Å². The number of aryl methyl sites for hydroxylation is 1. The molecule has 0 aliphatic heterocycles. The van der Waals surface area contributed by atoms with Crippen LogP contribution in [0.1, 0.15) is 27.8 Å². The molecule has 0 saturated carbocycles. The Morgan fingerprint density at radius 1 is 1.43 bits per heavy atom. The zero-order chi connectivity index (χ0) is 17.0. The minimum absolute atomic E-state index is 0.201. The zero-order valence-electron chi connectivity index (χ0n) is 12.6. The molecule has 0 bridgehead atoms. The lowest BCUT2D eigenvalue weighted by Gasteiger charge is -2.17.